The van der Waals surface area contributed by atoms with Crippen molar-refractivity contribution in [3.05, 3.63) is 23.3 Å². The molecule has 0 heterocycles. The number of allylic oxidation sites excluding steroid dienone is 4. The Hall–Kier alpha value is -1.05. The zero-order valence-electron chi connectivity index (χ0n) is 13.6. The van der Waals surface area contributed by atoms with Crippen LogP contribution in [0.4, 0.5) is 0 Å². The smallest absolute Gasteiger partial charge is 0.309 e. The van der Waals surface area contributed by atoms with Crippen LogP contribution in [-0.2, 0) is 4.79 Å². The lowest BCUT2D eigenvalue weighted by Crippen LogP contribution is -2.52. The summed E-state index contributed by atoms with van der Waals surface area (Å²) in [5.74, 6) is 0.281. The van der Waals surface area contributed by atoms with Gasteiger partial charge >= 0.3 is 5.97 Å². The minimum Gasteiger partial charge on any atom is -0.481 e. The highest BCUT2D eigenvalue weighted by Crippen LogP contribution is 2.61. The first-order valence-electron chi connectivity index (χ1n) is 8.54. The molecule has 3 aliphatic carbocycles. The number of aliphatic carboxylic acids is 1. The Morgan fingerprint density at radius 3 is 2.81 bits per heavy atom. The second kappa shape index (κ2) is 5.00. The van der Waals surface area contributed by atoms with Crippen molar-refractivity contribution in [3.63, 3.8) is 0 Å². The van der Waals surface area contributed by atoms with Crippen LogP contribution in [0.25, 0.3) is 0 Å². The van der Waals surface area contributed by atoms with Gasteiger partial charge in [0.25, 0.3) is 0 Å². The Kier molecular flexibility index (Phi) is 3.54. The lowest BCUT2D eigenvalue weighted by atomic mass is 9.47. The van der Waals surface area contributed by atoms with Gasteiger partial charge in [-0.15, -0.1) is 0 Å². The Bertz CT molecular complexity index is 516. The van der Waals surface area contributed by atoms with Crippen molar-refractivity contribution in [3.8, 4) is 0 Å². The molecule has 1 N–H and O–H groups in total. The molecule has 0 aliphatic heterocycles. The maximum absolute atomic E-state index is 11.9. The summed E-state index contributed by atoms with van der Waals surface area (Å²) in [6, 6.07) is 0. The molecular weight excluding hydrogens is 260 g/mol. The number of carboxylic acid groups (broad SMARTS) is 1. The Morgan fingerprint density at radius 2 is 2.14 bits per heavy atom. The van der Waals surface area contributed by atoms with E-state index in [2.05, 4.69) is 26.0 Å². The van der Waals surface area contributed by atoms with Crippen LogP contribution in [0.3, 0.4) is 0 Å². The van der Waals surface area contributed by atoms with Crippen LogP contribution < -0.4 is 0 Å². The Balaban J connectivity index is 2.01. The molecule has 0 aromatic rings. The molecule has 3 aliphatic rings. The first-order chi connectivity index (χ1) is 9.91. The molecule has 0 radical (unpaired) electrons. The first kappa shape index (κ1) is 14.9. The molecule has 4 atom stereocenters. The van der Waals surface area contributed by atoms with Gasteiger partial charge in [-0.25, -0.2) is 0 Å². The van der Waals surface area contributed by atoms with Gasteiger partial charge in [-0.05, 0) is 68.3 Å². The van der Waals surface area contributed by atoms with Gasteiger partial charge in [0.2, 0.25) is 0 Å². The van der Waals surface area contributed by atoms with Crippen molar-refractivity contribution in [2.75, 3.05) is 0 Å². The van der Waals surface area contributed by atoms with Crippen LogP contribution in [0, 0.1) is 22.7 Å². The molecule has 0 spiro atoms. The summed E-state index contributed by atoms with van der Waals surface area (Å²) >= 11 is 0. The first-order valence-corrected chi connectivity index (χ1v) is 8.54. The van der Waals surface area contributed by atoms with Crippen LogP contribution in [0.15, 0.2) is 23.3 Å². The maximum atomic E-state index is 11.9. The van der Waals surface area contributed by atoms with E-state index in [4.69, 9.17) is 0 Å². The van der Waals surface area contributed by atoms with Gasteiger partial charge < -0.3 is 5.11 Å². The molecule has 0 aromatic heterocycles. The normalized spacial score (nSPS) is 42.4. The van der Waals surface area contributed by atoms with Gasteiger partial charge in [-0.1, -0.05) is 38.0 Å². The van der Waals surface area contributed by atoms with Crippen molar-refractivity contribution in [2.45, 2.75) is 65.7 Å². The van der Waals surface area contributed by atoms with Crippen molar-refractivity contribution in [1.29, 1.82) is 0 Å². The van der Waals surface area contributed by atoms with Gasteiger partial charge in [0.05, 0.1) is 5.41 Å². The van der Waals surface area contributed by atoms with E-state index in [0.717, 1.165) is 25.7 Å². The molecule has 2 nitrogen and oxygen atoms in total. The second-order valence-electron chi connectivity index (χ2n) is 7.82. The van der Waals surface area contributed by atoms with E-state index in [-0.39, 0.29) is 5.41 Å². The molecule has 1 saturated carbocycles. The van der Waals surface area contributed by atoms with Crippen LogP contribution in [0.1, 0.15) is 65.7 Å². The molecule has 2 heteroatoms. The zero-order chi connectivity index (χ0) is 15.3. The van der Waals surface area contributed by atoms with Crippen LogP contribution in [0.5, 0.6) is 0 Å². The molecule has 0 aromatic carbocycles. The lowest BCUT2D eigenvalue weighted by molar-refractivity contribution is -0.162. The molecular formula is C19H28O2. The van der Waals surface area contributed by atoms with E-state index in [1.54, 1.807) is 5.57 Å². The van der Waals surface area contributed by atoms with Crippen molar-refractivity contribution in [2.24, 2.45) is 22.7 Å². The molecule has 3 unspecified atom stereocenters. The van der Waals surface area contributed by atoms with Gasteiger partial charge in [-0.2, -0.15) is 0 Å². The monoisotopic (exact) mass is 288 g/mol. The average molecular weight is 288 g/mol. The van der Waals surface area contributed by atoms with Crippen LogP contribution in [0.2, 0.25) is 0 Å². The minimum atomic E-state index is -0.587. The average Bonchev–Trinajstić information content (AvgIpc) is 2.46. The highest BCUT2D eigenvalue weighted by atomic mass is 16.4. The number of rotatable bonds is 2. The molecule has 0 bridgehead atoms. The highest BCUT2D eigenvalue weighted by Gasteiger charge is 2.57. The third kappa shape index (κ3) is 2.10. The molecule has 1 fully saturated rings. The molecule has 0 amide bonds. The largest absolute Gasteiger partial charge is 0.481 e. The summed E-state index contributed by atoms with van der Waals surface area (Å²) in [7, 11) is 0. The number of hydrogen-bond acceptors (Lipinski definition) is 1. The standard InChI is InChI=1S/C19H28O2/c1-4-13-6-8-15-14(12-13)7-9-16-18(15,2)10-5-11-19(16,3)17(20)21/h7,12,15-16H,4-6,8-11H2,1-3H3,(H,20,21)/t15?,16?,18?,19-/m0/s1. The van der Waals surface area contributed by atoms with Crippen molar-refractivity contribution >= 4 is 5.97 Å². The Labute approximate surface area is 128 Å². The summed E-state index contributed by atoms with van der Waals surface area (Å²) in [6.07, 6.45) is 12.4. The van der Waals surface area contributed by atoms with E-state index >= 15 is 0 Å². The number of carbonyl (C=O) groups is 1. The molecule has 0 saturated heterocycles. The summed E-state index contributed by atoms with van der Waals surface area (Å²) < 4.78 is 0. The van der Waals surface area contributed by atoms with Crippen LogP contribution >= 0.6 is 0 Å². The van der Waals surface area contributed by atoms with E-state index in [0.29, 0.717) is 11.8 Å². The van der Waals surface area contributed by atoms with Gasteiger partial charge in [0, 0.05) is 0 Å². The zero-order valence-corrected chi connectivity index (χ0v) is 13.6. The third-order valence-corrected chi connectivity index (χ3v) is 6.83. The summed E-state index contributed by atoms with van der Waals surface area (Å²) in [5, 5.41) is 9.79. The second-order valence-corrected chi connectivity index (χ2v) is 7.82. The van der Waals surface area contributed by atoms with Gasteiger partial charge in [0.1, 0.15) is 0 Å². The van der Waals surface area contributed by atoms with Gasteiger partial charge in [-0.3, -0.25) is 4.79 Å². The maximum Gasteiger partial charge on any atom is 0.309 e. The fraction of sp³-hybridized carbons (Fsp3) is 0.737. The number of fused-ring (bicyclic) bond motifs is 3. The van der Waals surface area contributed by atoms with E-state index < -0.39 is 11.4 Å². The summed E-state index contributed by atoms with van der Waals surface area (Å²) in [6.45, 7) is 6.61. The molecule has 21 heavy (non-hydrogen) atoms. The van der Waals surface area contributed by atoms with Crippen molar-refractivity contribution < 1.29 is 9.90 Å². The predicted molar refractivity (Wildman–Crippen MR) is 85.0 cm³/mol. The topological polar surface area (TPSA) is 37.3 Å². The van der Waals surface area contributed by atoms with E-state index in [1.165, 1.54) is 24.8 Å². The molecule has 116 valence electrons. The number of carboxylic acids is 1. The third-order valence-electron chi connectivity index (χ3n) is 6.83. The van der Waals surface area contributed by atoms with Crippen molar-refractivity contribution in [1.82, 2.24) is 0 Å². The minimum absolute atomic E-state index is 0.172. The van der Waals surface area contributed by atoms with Crippen LogP contribution in [-0.4, -0.2) is 11.1 Å². The summed E-state index contributed by atoms with van der Waals surface area (Å²) in [5.41, 5.74) is 2.71. The van der Waals surface area contributed by atoms with E-state index in [1.807, 2.05) is 6.92 Å². The predicted octanol–water partition coefficient (Wildman–Crippen LogP) is 4.96. The summed E-state index contributed by atoms with van der Waals surface area (Å²) in [4.78, 5) is 11.9. The SMILES string of the molecule is CCC1=CC2=CCC3C(C)(CCC[C@]3(C)C(=O)O)C2CC1. The fourth-order valence-electron chi connectivity index (χ4n) is 5.46. The lowest BCUT2D eigenvalue weighted by Gasteiger charge is -2.57. The molecule has 3 rings (SSSR count). The fourth-order valence-corrected chi connectivity index (χ4v) is 5.46. The highest BCUT2D eigenvalue weighted by molar-refractivity contribution is 5.75. The van der Waals surface area contributed by atoms with Gasteiger partial charge in [0.15, 0.2) is 0 Å². The quantitative estimate of drug-likeness (QED) is 0.779. The Morgan fingerprint density at radius 1 is 1.38 bits per heavy atom. The number of hydrogen-bond donors (Lipinski definition) is 1. The van der Waals surface area contributed by atoms with E-state index in [9.17, 15) is 9.90 Å².